The Kier molecular flexibility index (Phi) is 5.79. The van der Waals surface area contributed by atoms with Crippen LogP contribution in [0.3, 0.4) is 0 Å². The zero-order valence-corrected chi connectivity index (χ0v) is 27.8. The Labute approximate surface area is 292 Å². The summed E-state index contributed by atoms with van der Waals surface area (Å²) in [4.78, 5) is 2.40. The van der Waals surface area contributed by atoms with Crippen LogP contribution in [0.4, 0.5) is 17.1 Å². The number of hydrogen-bond donors (Lipinski definition) is 0. The highest BCUT2D eigenvalue weighted by atomic mass is 16.3. The van der Waals surface area contributed by atoms with Gasteiger partial charge in [-0.2, -0.15) is 0 Å². The molecule has 50 heavy (non-hydrogen) atoms. The molecule has 2 nitrogen and oxygen atoms in total. The molecule has 3 aliphatic carbocycles. The van der Waals surface area contributed by atoms with Crippen molar-refractivity contribution in [3.8, 4) is 22.3 Å². The highest BCUT2D eigenvalue weighted by molar-refractivity contribution is 6.10. The lowest BCUT2D eigenvalue weighted by Crippen LogP contribution is -2.39. The minimum Gasteiger partial charge on any atom is -0.454 e. The molecule has 2 heteroatoms. The summed E-state index contributed by atoms with van der Waals surface area (Å²) in [6.07, 6.45) is 4.46. The van der Waals surface area contributed by atoms with Gasteiger partial charge in [0, 0.05) is 33.0 Å². The number of anilines is 3. The predicted molar refractivity (Wildman–Crippen MR) is 206 cm³/mol. The molecular weight excluding hydrogens is 607 g/mol. The van der Waals surface area contributed by atoms with Crippen LogP contribution < -0.4 is 4.90 Å². The first kappa shape index (κ1) is 28.0. The molecule has 0 radical (unpaired) electrons. The van der Waals surface area contributed by atoms with Crippen LogP contribution >= 0.6 is 0 Å². The van der Waals surface area contributed by atoms with Crippen molar-refractivity contribution in [1.29, 1.82) is 0 Å². The number of nitrogens with zero attached hydrogens (tertiary/aromatic N) is 1. The maximum atomic E-state index is 6.63. The van der Waals surface area contributed by atoms with Crippen molar-refractivity contribution in [2.75, 3.05) is 4.90 Å². The van der Waals surface area contributed by atoms with Crippen molar-refractivity contribution in [1.82, 2.24) is 0 Å². The average Bonchev–Trinajstić information content (AvgIpc) is 3.79. The van der Waals surface area contributed by atoms with Gasteiger partial charge in [-0.1, -0.05) is 127 Å². The summed E-state index contributed by atoms with van der Waals surface area (Å²) in [6, 6.07) is 60.5. The second kappa shape index (κ2) is 10.3. The summed E-state index contributed by atoms with van der Waals surface area (Å²) >= 11 is 0. The molecule has 1 fully saturated rings. The van der Waals surface area contributed by atoms with E-state index in [2.05, 4.69) is 163 Å². The SMILES string of the molecule is c1ccc(N(c2ccc3c(c2)C2(CCC4(CC2)c2ccccc2-c2ccccc24)c2ccccc2-3)c2cccc3c2oc2ccccc23)cc1. The molecule has 238 valence electrons. The lowest BCUT2D eigenvalue weighted by Gasteiger charge is -2.45. The Balaban J connectivity index is 1.09. The van der Waals surface area contributed by atoms with Crippen molar-refractivity contribution >= 4 is 39.0 Å². The van der Waals surface area contributed by atoms with Crippen molar-refractivity contribution in [3.63, 3.8) is 0 Å². The van der Waals surface area contributed by atoms with Crippen LogP contribution in [-0.2, 0) is 10.8 Å². The summed E-state index contributed by atoms with van der Waals surface area (Å²) < 4.78 is 6.63. The van der Waals surface area contributed by atoms with Crippen molar-refractivity contribution in [3.05, 3.63) is 186 Å². The third-order valence-electron chi connectivity index (χ3n) is 12.3. The normalized spacial score (nSPS) is 16.0. The van der Waals surface area contributed by atoms with E-state index in [0.29, 0.717) is 0 Å². The van der Waals surface area contributed by atoms with Gasteiger partial charge in [-0.3, -0.25) is 0 Å². The van der Waals surface area contributed by atoms with E-state index < -0.39 is 0 Å². The molecule has 0 atom stereocenters. The molecule has 1 heterocycles. The largest absolute Gasteiger partial charge is 0.454 e. The van der Waals surface area contributed by atoms with Gasteiger partial charge in [0.25, 0.3) is 0 Å². The van der Waals surface area contributed by atoms with Crippen molar-refractivity contribution < 1.29 is 4.42 Å². The molecule has 1 saturated carbocycles. The molecule has 0 N–H and O–H groups in total. The van der Waals surface area contributed by atoms with Gasteiger partial charge in [0.2, 0.25) is 0 Å². The van der Waals surface area contributed by atoms with Crippen LogP contribution in [-0.4, -0.2) is 0 Å². The summed E-state index contributed by atoms with van der Waals surface area (Å²) in [5.41, 5.74) is 16.8. The van der Waals surface area contributed by atoms with Gasteiger partial charge in [0.05, 0.1) is 5.69 Å². The summed E-state index contributed by atoms with van der Waals surface area (Å²) in [7, 11) is 0. The Hall–Kier alpha value is -5.86. The molecule has 3 aliphatic rings. The number of fused-ring (bicyclic) bond motifs is 13. The van der Waals surface area contributed by atoms with E-state index >= 15 is 0 Å². The Bertz CT molecular complexity index is 2570. The van der Waals surface area contributed by atoms with E-state index in [9.17, 15) is 0 Å². The van der Waals surface area contributed by atoms with Gasteiger partial charge in [-0.05, 0) is 107 Å². The van der Waals surface area contributed by atoms with Gasteiger partial charge in [-0.15, -0.1) is 0 Å². The minimum absolute atomic E-state index is 0.0482. The van der Waals surface area contributed by atoms with Gasteiger partial charge >= 0.3 is 0 Å². The third kappa shape index (κ3) is 3.68. The number of rotatable bonds is 3. The minimum atomic E-state index is -0.0482. The second-order valence-corrected chi connectivity index (χ2v) is 14.5. The number of furan rings is 1. The van der Waals surface area contributed by atoms with Gasteiger partial charge < -0.3 is 9.32 Å². The quantitative estimate of drug-likeness (QED) is 0.191. The number of para-hydroxylation sites is 3. The van der Waals surface area contributed by atoms with Crippen molar-refractivity contribution in [2.45, 2.75) is 36.5 Å². The first-order valence-corrected chi connectivity index (χ1v) is 17.9. The van der Waals surface area contributed by atoms with Crippen LogP contribution in [0.2, 0.25) is 0 Å². The van der Waals surface area contributed by atoms with Crippen LogP contribution in [0.25, 0.3) is 44.2 Å². The molecular formula is C48H35NO. The van der Waals surface area contributed by atoms with E-state index in [4.69, 9.17) is 4.42 Å². The molecule has 0 unspecified atom stereocenters. The van der Waals surface area contributed by atoms with E-state index in [1.165, 1.54) is 44.5 Å². The monoisotopic (exact) mass is 641 g/mol. The topological polar surface area (TPSA) is 16.4 Å². The molecule has 0 aliphatic heterocycles. The standard InChI is InChI=1S/C48H35NO/c1-2-13-32(14-3-1)49(44-23-12-19-39-38-18-7-11-24-45(38)50-46(39)44)33-25-26-37-36-17-6-10-22-42(36)48(43(37)31-33)29-27-47(28-30-48)40-20-8-4-15-34(40)35-16-5-9-21-41(35)47/h1-26,31H,27-30H2. The molecule has 2 spiro atoms. The Morgan fingerprint density at radius 2 is 0.920 bits per heavy atom. The molecule has 1 aromatic heterocycles. The van der Waals surface area contributed by atoms with E-state index in [-0.39, 0.29) is 10.8 Å². The first-order valence-electron chi connectivity index (χ1n) is 17.9. The molecule has 11 rings (SSSR count). The fraction of sp³-hybridized carbons (Fsp3) is 0.125. The van der Waals surface area contributed by atoms with Crippen LogP contribution in [0, 0.1) is 0 Å². The average molecular weight is 642 g/mol. The van der Waals surface area contributed by atoms with Crippen molar-refractivity contribution in [2.24, 2.45) is 0 Å². The maximum Gasteiger partial charge on any atom is 0.159 e. The third-order valence-corrected chi connectivity index (χ3v) is 12.3. The summed E-state index contributed by atoms with van der Waals surface area (Å²) in [5, 5.41) is 2.28. The lowest BCUT2D eigenvalue weighted by molar-refractivity contribution is 0.265. The van der Waals surface area contributed by atoms with E-state index in [0.717, 1.165) is 64.7 Å². The molecule has 7 aromatic carbocycles. The fourth-order valence-corrected chi connectivity index (χ4v) is 10.1. The van der Waals surface area contributed by atoms with Gasteiger partial charge in [0.1, 0.15) is 5.58 Å². The van der Waals surface area contributed by atoms with Gasteiger partial charge in [0.15, 0.2) is 5.58 Å². The molecule has 8 aromatic rings. The Morgan fingerprint density at radius 1 is 0.400 bits per heavy atom. The summed E-state index contributed by atoms with van der Waals surface area (Å²) in [6.45, 7) is 0. The Morgan fingerprint density at radius 3 is 1.58 bits per heavy atom. The second-order valence-electron chi connectivity index (χ2n) is 14.5. The smallest absolute Gasteiger partial charge is 0.159 e. The highest BCUT2D eigenvalue weighted by Crippen LogP contribution is 2.64. The number of hydrogen-bond acceptors (Lipinski definition) is 2. The lowest BCUT2D eigenvalue weighted by atomic mass is 9.57. The predicted octanol–water partition coefficient (Wildman–Crippen LogP) is 12.9. The van der Waals surface area contributed by atoms with Crippen LogP contribution in [0.15, 0.2) is 168 Å². The molecule has 0 bridgehead atoms. The zero-order valence-electron chi connectivity index (χ0n) is 27.8. The van der Waals surface area contributed by atoms with Crippen LogP contribution in [0.5, 0.6) is 0 Å². The van der Waals surface area contributed by atoms with E-state index in [1.807, 2.05) is 6.07 Å². The highest BCUT2D eigenvalue weighted by Gasteiger charge is 2.53. The zero-order chi connectivity index (χ0) is 32.9. The first-order chi connectivity index (χ1) is 24.8. The summed E-state index contributed by atoms with van der Waals surface area (Å²) in [5.74, 6) is 0. The fourth-order valence-electron chi connectivity index (χ4n) is 10.1. The van der Waals surface area contributed by atoms with E-state index in [1.54, 1.807) is 0 Å². The van der Waals surface area contributed by atoms with Crippen LogP contribution in [0.1, 0.15) is 47.9 Å². The number of benzene rings is 7. The van der Waals surface area contributed by atoms with Gasteiger partial charge in [-0.25, -0.2) is 0 Å². The molecule has 0 saturated heterocycles. The maximum absolute atomic E-state index is 6.63. The molecule has 0 amide bonds.